The van der Waals surface area contributed by atoms with Gasteiger partial charge in [0.15, 0.2) is 0 Å². The summed E-state index contributed by atoms with van der Waals surface area (Å²) in [5, 5.41) is 3.77. The maximum atomic E-state index is 3.77. The first-order valence-corrected chi connectivity index (χ1v) is 8.29. The third kappa shape index (κ3) is 2.51. The summed E-state index contributed by atoms with van der Waals surface area (Å²) in [6, 6.07) is 12.5. The van der Waals surface area contributed by atoms with Crippen molar-refractivity contribution in [3.05, 3.63) is 35.9 Å². The molecule has 3 rings (SSSR count). The third-order valence-corrected chi connectivity index (χ3v) is 5.44. The Morgan fingerprint density at radius 1 is 1.20 bits per heavy atom. The fourth-order valence-corrected chi connectivity index (χ4v) is 4.05. The van der Waals surface area contributed by atoms with Gasteiger partial charge in [0.1, 0.15) is 0 Å². The van der Waals surface area contributed by atoms with E-state index in [2.05, 4.69) is 54.4 Å². The van der Waals surface area contributed by atoms with Crippen molar-refractivity contribution in [1.29, 1.82) is 0 Å². The van der Waals surface area contributed by atoms with E-state index in [1.807, 2.05) is 0 Å². The second kappa shape index (κ2) is 5.87. The van der Waals surface area contributed by atoms with Crippen molar-refractivity contribution >= 4 is 0 Å². The van der Waals surface area contributed by atoms with Crippen LogP contribution in [0.3, 0.4) is 0 Å². The van der Waals surface area contributed by atoms with E-state index in [0.717, 1.165) is 12.6 Å². The summed E-state index contributed by atoms with van der Waals surface area (Å²) in [6.07, 6.45) is 6.83. The number of nitrogens with one attached hydrogen (secondary N) is 1. The number of hydrogen-bond donors (Lipinski definition) is 1. The van der Waals surface area contributed by atoms with E-state index in [1.165, 1.54) is 44.2 Å². The van der Waals surface area contributed by atoms with Crippen LogP contribution in [0.15, 0.2) is 30.3 Å². The van der Waals surface area contributed by atoms with E-state index in [0.29, 0.717) is 6.04 Å². The minimum atomic E-state index is 0.155. The van der Waals surface area contributed by atoms with Crippen molar-refractivity contribution in [1.82, 2.24) is 10.2 Å². The highest BCUT2D eigenvalue weighted by Crippen LogP contribution is 2.37. The predicted octanol–water partition coefficient (Wildman–Crippen LogP) is 3.53. The largest absolute Gasteiger partial charge is 0.311 e. The molecule has 2 unspecified atom stereocenters. The summed E-state index contributed by atoms with van der Waals surface area (Å²) >= 11 is 0. The molecule has 1 saturated heterocycles. The smallest absolute Gasteiger partial charge is 0.0560 e. The zero-order valence-corrected chi connectivity index (χ0v) is 12.9. The molecule has 0 amide bonds. The highest BCUT2D eigenvalue weighted by atomic mass is 15.3. The van der Waals surface area contributed by atoms with Crippen molar-refractivity contribution in [3.8, 4) is 0 Å². The molecule has 0 bridgehead atoms. The monoisotopic (exact) mass is 272 g/mol. The van der Waals surface area contributed by atoms with E-state index >= 15 is 0 Å². The molecule has 20 heavy (non-hydrogen) atoms. The molecule has 2 atom stereocenters. The molecule has 1 heterocycles. The molecule has 2 fully saturated rings. The zero-order valence-electron chi connectivity index (χ0n) is 12.9. The van der Waals surface area contributed by atoms with Gasteiger partial charge in [-0.2, -0.15) is 0 Å². The van der Waals surface area contributed by atoms with Crippen LogP contribution in [0.1, 0.15) is 51.5 Å². The fraction of sp³-hybridized carbons (Fsp3) is 0.667. The van der Waals surface area contributed by atoms with Gasteiger partial charge in [-0.3, -0.25) is 4.90 Å². The summed E-state index contributed by atoms with van der Waals surface area (Å²) in [5.41, 5.74) is 1.62. The molecule has 0 spiro atoms. The van der Waals surface area contributed by atoms with Crippen LogP contribution in [0.25, 0.3) is 0 Å². The molecular weight excluding hydrogens is 244 g/mol. The number of benzene rings is 1. The van der Waals surface area contributed by atoms with Crippen molar-refractivity contribution in [3.63, 3.8) is 0 Å². The normalized spacial score (nSPS) is 32.6. The molecule has 110 valence electrons. The summed E-state index contributed by atoms with van der Waals surface area (Å²) in [6.45, 7) is 7.01. The molecule has 1 N–H and O–H groups in total. The molecule has 1 saturated carbocycles. The Labute approximate surface area is 123 Å². The van der Waals surface area contributed by atoms with Crippen molar-refractivity contribution in [2.45, 2.75) is 63.6 Å². The van der Waals surface area contributed by atoms with Crippen LogP contribution in [0.4, 0.5) is 0 Å². The Morgan fingerprint density at radius 3 is 2.55 bits per heavy atom. The van der Waals surface area contributed by atoms with Crippen LogP contribution in [0.2, 0.25) is 0 Å². The topological polar surface area (TPSA) is 15.3 Å². The van der Waals surface area contributed by atoms with Gasteiger partial charge in [-0.05, 0) is 31.7 Å². The van der Waals surface area contributed by atoms with Crippen LogP contribution in [0, 0.1) is 0 Å². The zero-order chi connectivity index (χ0) is 14.0. The van der Waals surface area contributed by atoms with Gasteiger partial charge in [0, 0.05) is 25.2 Å². The molecule has 1 aromatic carbocycles. The maximum Gasteiger partial charge on any atom is 0.0560 e. The fourth-order valence-electron chi connectivity index (χ4n) is 4.05. The van der Waals surface area contributed by atoms with Gasteiger partial charge < -0.3 is 5.32 Å². The minimum absolute atomic E-state index is 0.155. The summed E-state index contributed by atoms with van der Waals surface area (Å²) < 4.78 is 0. The second-order valence-electron chi connectivity index (χ2n) is 6.72. The third-order valence-electron chi connectivity index (χ3n) is 5.44. The lowest BCUT2D eigenvalue weighted by atomic mass is 9.85. The lowest BCUT2D eigenvalue weighted by molar-refractivity contribution is 0.0110. The predicted molar refractivity (Wildman–Crippen MR) is 84.8 cm³/mol. The standard InChI is InChI=1S/C18H28N2/c1-3-16-13-20(17-11-7-8-12-17)18(2,14-19-16)15-9-5-4-6-10-15/h4-6,9-10,16-17,19H,3,7-8,11-14H2,1-2H3. The van der Waals surface area contributed by atoms with Gasteiger partial charge in [-0.1, -0.05) is 50.1 Å². The Kier molecular flexibility index (Phi) is 4.13. The first kappa shape index (κ1) is 14.1. The number of piperazine rings is 1. The lowest BCUT2D eigenvalue weighted by Gasteiger charge is -2.51. The number of rotatable bonds is 3. The molecule has 2 heteroatoms. The van der Waals surface area contributed by atoms with Crippen LogP contribution in [-0.4, -0.2) is 30.1 Å². The molecule has 0 radical (unpaired) electrons. The maximum absolute atomic E-state index is 3.77. The second-order valence-corrected chi connectivity index (χ2v) is 6.72. The van der Waals surface area contributed by atoms with Gasteiger partial charge in [0.05, 0.1) is 5.54 Å². The SMILES string of the molecule is CCC1CN(C2CCCC2)C(C)(c2ccccc2)CN1. The highest BCUT2D eigenvalue weighted by molar-refractivity contribution is 5.26. The van der Waals surface area contributed by atoms with Crippen LogP contribution in [0.5, 0.6) is 0 Å². The van der Waals surface area contributed by atoms with Gasteiger partial charge >= 0.3 is 0 Å². The van der Waals surface area contributed by atoms with E-state index in [-0.39, 0.29) is 5.54 Å². The van der Waals surface area contributed by atoms with Gasteiger partial charge in [0.25, 0.3) is 0 Å². The van der Waals surface area contributed by atoms with Crippen LogP contribution in [-0.2, 0) is 5.54 Å². The van der Waals surface area contributed by atoms with Gasteiger partial charge in [-0.25, -0.2) is 0 Å². The lowest BCUT2D eigenvalue weighted by Crippen LogP contribution is -2.63. The van der Waals surface area contributed by atoms with E-state index in [4.69, 9.17) is 0 Å². The van der Waals surface area contributed by atoms with Crippen molar-refractivity contribution in [2.24, 2.45) is 0 Å². The minimum Gasteiger partial charge on any atom is -0.311 e. The van der Waals surface area contributed by atoms with Crippen LogP contribution >= 0.6 is 0 Å². The Hall–Kier alpha value is -0.860. The van der Waals surface area contributed by atoms with E-state index in [1.54, 1.807) is 0 Å². The number of hydrogen-bond acceptors (Lipinski definition) is 2. The molecule has 2 aliphatic rings. The first-order chi connectivity index (χ1) is 9.74. The molecule has 0 aromatic heterocycles. The number of nitrogens with zero attached hydrogens (tertiary/aromatic N) is 1. The average Bonchev–Trinajstić information content (AvgIpc) is 3.03. The Balaban J connectivity index is 1.90. The summed E-state index contributed by atoms with van der Waals surface area (Å²) in [7, 11) is 0. The Bertz CT molecular complexity index is 424. The Morgan fingerprint density at radius 2 is 1.90 bits per heavy atom. The molecule has 2 nitrogen and oxygen atoms in total. The molecule has 1 aromatic rings. The average molecular weight is 272 g/mol. The van der Waals surface area contributed by atoms with Gasteiger partial charge in [0.2, 0.25) is 0 Å². The summed E-state index contributed by atoms with van der Waals surface area (Å²) in [4.78, 5) is 2.82. The van der Waals surface area contributed by atoms with Crippen LogP contribution < -0.4 is 5.32 Å². The van der Waals surface area contributed by atoms with E-state index < -0.39 is 0 Å². The molecular formula is C18H28N2. The summed E-state index contributed by atoms with van der Waals surface area (Å²) in [5.74, 6) is 0. The van der Waals surface area contributed by atoms with E-state index in [9.17, 15) is 0 Å². The van der Waals surface area contributed by atoms with Crippen molar-refractivity contribution in [2.75, 3.05) is 13.1 Å². The quantitative estimate of drug-likeness (QED) is 0.905. The molecule has 1 aliphatic heterocycles. The van der Waals surface area contributed by atoms with Crippen molar-refractivity contribution < 1.29 is 0 Å². The van der Waals surface area contributed by atoms with Gasteiger partial charge in [-0.15, -0.1) is 0 Å². The molecule has 1 aliphatic carbocycles. The highest BCUT2D eigenvalue weighted by Gasteiger charge is 2.42. The first-order valence-electron chi connectivity index (χ1n) is 8.29.